The number of aryl methyl sites for hydroxylation is 1. The van der Waals surface area contributed by atoms with Crippen LogP contribution in [0.4, 0.5) is 11.4 Å². The van der Waals surface area contributed by atoms with E-state index < -0.39 is 10.0 Å². The molecule has 116 valence electrons. The Morgan fingerprint density at radius 2 is 2.14 bits per heavy atom. The molecule has 22 heavy (non-hydrogen) atoms. The maximum atomic E-state index is 12.4. The van der Waals surface area contributed by atoms with E-state index in [1.165, 1.54) is 17.1 Å². The number of nitrogens with zero attached hydrogens (tertiary/aromatic N) is 4. The smallest absolute Gasteiger partial charge is 0.265 e. The first kappa shape index (κ1) is 15.9. The third-order valence-electron chi connectivity index (χ3n) is 3.13. The fourth-order valence-electron chi connectivity index (χ4n) is 1.85. The topological polar surface area (TPSA) is 91.0 Å². The lowest BCUT2D eigenvalue weighted by atomic mass is 10.2. The first-order valence-electron chi connectivity index (χ1n) is 6.64. The van der Waals surface area contributed by atoms with Gasteiger partial charge in [-0.2, -0.15) is 10.4 Å². The normalized spacial score (nSPS) is 11.0. The summed E-state index contributed by atoms with van der Waals surface area (Å²) >= 11 is 0. The number of nitriles is 1. The number of sulfonamides is 1. The molecular weight excluding hydrogens is 302 g/mol. The highest BCUT2D eigenvalue weighted by molar-refractivity contribution is 7.92. The molecule has 2 rings (SSSR count). The van der Waals surface area contributed by atoms with E-state index >= 15 is 0 Å². The van der Waals surface area contributed by atoms with E-state index in [2.05, 4.69) is 9.82 Å². The minimum absolute atomic E-state index is 0.0634. The van der Waals surface area contributed by atoms with Crippen LogP contribution in [0.25, 0.3) is 0 Å². The molecule has 1 aromatic heterocycles. The quantitative estimate of drug-likeness (QED) is 0.904. The Balaban J connectivity index is 2.40. The van der Waals surface area contributed by atoms with Crippen molar-refractivity contribution >= 4 is 21.4 Å². The predicted octanol–water partition coefficient (Wildman–Crippen LogP) is 1.64. The molecule has 7 nitrogen and oxygen atoms in total. The molecule has 0 saturated heterocycles. The molecule has 1 heterocycles. The van der Waals surface area contributed by atoms with Gasteiger partial charge < -0.3 is 4.90 Å². The Labute approximate surface area is 129 Å². The van der Waals surface area contributed by atoms with Gasteiger partial charge in [-0.3, -0.25) is 9.40 Å². The average molecular weight is 319 g/mol. The van der Waals surface area contributed by atoms with Crippen LogP contribution >= 0.6 is 0 Å². The summed E-state index contributed by atoms with van der Waals surface area (Å²) in [6.07, 6.45) is 2.73. The molecule has 8 heteroatoms. The Morgan fingerprint density at radius 3 is 2.68 bits per heavy atom. The molecule has 0 bridgehead atoms. The van der Waals surface area contributed by atoms with Crippen LogP contribution in [-0.4, -0.2) is 32.3 Å². The molecule has 0 amide bonds. The third-order valence-corrected chi connectivity index (χ3v) is 4.45. The van der Waals surface area contributed by atoms with Crippen LogP contribution in [0.2, 0.25) is 0 Å². The van der Waals surface area contributed by atoms with Crippen molar-refractivity contribution in [1.29, 1.82) is 5.26 Å². The fourth-order valence-corrected chi connectivity index (χ4v) is 2.87. The van der Waals surface area contributed by atoms with Crippen molar-refractivity contribution in [3.63, 3.8) is 0 Å². The lowest BCUT2D eigenvalue weighted by Crippen LogP contribution is -2.15. The first-order valence-corrected chi connectivity index (χ1v) is 8.12. The molecule has 1 aromatic carbocycles. The first-order chi connectivity index (χ1) is 10.4. The summed E-state index contributed by atoms with van der Waals surface area (Å²) in [6, 6.07) is 6.95. The highest BCUT2D eigenvalue weighted by Gasteiger charge is 2.18. The van der Waals surface area contributed by atoms with Gasteiger partial charge in [-0.25, -0.2) is 8.42 Å². The van der Waals surface area contributed by atoms with Gasteiger partial charge in [-0.05, 0) is 25.1 Å². The summed E-state index contributed by atoms with van der Waals surface area (Å²) in [5, 5.41) is 13.1. The van der Waals surface area contributed by atoms with Crippen molar-refractivity contribution in [2.24, 2.45) is 0 Å². The summed E-state index contributed by atoms with van der Waals surface area (Å²) < 4.78 is 28.8. The molecule has 0 spiro atoms. The maximum Gasteiger partial charge on any atom is 0.265 e. The highest BCUT2D eigenvalue weighted by Crippen LogP contribution is 2.24. The van der Waals surface area contributed by atoms with Gasteiger partial charge in [0.05, 0.1) is 17.4 Å². The van der Waals surface area contributed by atoms with Crippen LogP contribution in [0, 0.1) is 11.3 Å². The van der Waals surface area contributed by atoms with Crippen LogP contribution in [0.1, 0.15) is 12.5 Å². The molecule has 0 atom stereocenters. The molecular formula is C14H17N5O2S. The van der Waals surface area contributed by atoms with E-state index in [0.717, 1.165) is 5.69 Å². The summed E-state index contributed by atoms with van der Waals surface area (Å²) in [4.78, 5) is 1.89. The minimum atomic E-state index is -3.78. The van der Waals surface area contributed by atoms with E-state index in [4.69, 9.17) is 5.26 Å². The standard InChI is InChI=1S/C14H17N5O2S/c1-4-19-10-13(9-16-19)22(20,21)17-14-7-12(18(2)3)6-5-11(14)8-15/h5-7,9-10,17H,4H2,1-3H3. The van der Waals surface area contributed by atoms with E-state index in [-0.39, 0.29) is 16.1 Å². The van der Waals surface area contributed by atoms with Crippen LogP contribution in [0.5, 0.6) is 0 Å². The molecule has 0 unspecified atom stereocenters. The van der Waals surface area contributed by atoms with Crippen molar-refractivity contribution in [2.75, 3.05) is 23.7 Å². The summed E-state index contributed by atoms with van der Waals surface area (Å²) in [7, 11) is -0.104. The largest absolute Gasteiger partial charge is 0.378 e. The zero-order chi connectivity index (χ0) is 16.3. The molecule has 0 fully saturated rings. The average Bonchev–Trinajstić information content (AvgIpc) is 2.96. The van der Waals surface area contributed by atoms with Gasteiger partial charge in [0.15, 0.2) is 0 Å². The van der Waals surface area contributed by atoms with Gasteiger partial charge in [-0.15, -0.1) is 0 Å². The van der Waals surface area contributed by atoms with Crippen LogP contribution in [0.15, 0.2) is 35.5 Å². The Morgan fingerprint density at radius 1 is 1.41 bits per heavy atom. The van der Waals surface area contributed by atoms with Gasteiger partial charge in [0.1, 0.15) is 11.0 Å². The third kappa shape index (κ3) is 3.20. The van der Waals surface area contributed by atoms with Crippen molar-refractivity contribution in [2.45, 2.75) is 18.4 Å². The number of hydrogen-bond donors (Lipinski definition) is 1. The zero-order valence-corrected chi connectivity index (χ0v) is 13.4. The number of rotatable bonds is 5. The zero-order valence-electron chi connectivity index (χ0n) is 12.6. The number of anilines is 2. The lowest BCUT2D eigenvalue weighted by molar-refractivity contribution is 0.600. The Bertz CT molecular complexity index is 818. The number of aromatic nitrogens is 2. The minimum Gasteiger partial charge on any atom is -0.378 e. The van der Waals surface area contributed by atoms with Gasteiger partial charge >= 0.3 is 0 Å². The lowest BCUT2D eigenvalue weighted by Gasteiger charge is -2.15. The van der Waals surface area contributed by atoms with Gasteiger partial charge in [0.25, 0.3) is 10.0 Å². The van der Waals surface area contributed by atoms with E-state index in [0.29, 0.717) is 6.54 Å². The maximum absolute atomic E-state index is 12.4. The SMILES string of the molecule is CCn1cc(S(=O)(=O)Nc2cc(N(C)C)ccc2C#N)cn1. The number of nitrogens with one attached hydrogen (secondary N) is 1. The van der Waals surface area contributed by atoms with Crippen LogP contribution < -0.4 is 9.62 Å². The van der Waals surface area contributed by atoms with E-state index in [1.807, 2.05) is 32.0 Å². The Kier molecular flexibility index (Phi) is 4.37. The van der Waals surface area contributed by atoms with Crippen molar-refractivity contribution in [1.82, 2.24) is 9.78 Å². The second-order valence-electron chi connectivity index (χ2n) is 4.87. The summed E-state index contributed by atoms with van der Waals surface area (Å²) in [6.45, 7) is 2.44. The van der Waals surface area contributed by atoms with Gasteiger partial charge in [0.2, 0.25) is 0 Å². The van der Waals surface area contributed by atoms with Gasteiger partial charge in [-0.1, -0.05) is 0 Å². The molecule has 0 saturated carbocycles. The number of hydrogen-bond acceptors (Lipinski definition) is 5. The van der Waals surface area contributed by atoms with E-state index in [9.17, 15) is 8.42 Å². The Hall–Kier alpha value is -2.53. The van der Waals surface area contributed by atoms with Crippen molar-refractivity contribution in [3.05, 3.63) is 36.2 Å². The highest BCUT2D eigenvalue weighted by atomic mass is 32.2. The van der Waals surface area contributed by atoms with Gasteiger partial charge in [0, 0.05) is 32.5 Å². The van der Waals surface area contributed by atoms with Crippen molar-refractivity contribution in [3.8, 4) is 6.07 Å². The molecule has 1 N–H and O–H groups in total. The van der Waals surface area contributed by atoms with E-state index in [1.54, 1.807) is 18.2 Å². The predicted molar refractivity (Wildman–Crippen MR) is 84.2 cm³/mol. The molecule has 0 aliphatic carbocycles. The molecule has 0 radical (unpaired) electrons. The molecule has 0 aliphatic rings. The fraction of sp³-hybridized carbons (Fsp3) is 0.286. The monoisotopic (exact) mass is 319 g/mol. The molecule has 0 aliphatic heterocycles. The number of benzene rings is 1. The summed E-state index contributed by atoms with van der Waals surface area (Å²) in [5.41, 5.74) is 1.30. The van der Waals surface area contributed by atoms with Crippen LogP contribution in [0.3, 0.4) is 0 Å². The summed E-state index contributed by atoms with van der Waals surface area (Å²) in [5.74, 6) is 0. The second kappa shape index (κ2) is 6.07. The second-order valence-corrected chi connectivity index (χ2v) is 6.56. The van der Waals surface area contributed by atoms with Crippen LogP contribution in [-0.2, 0) is 16.6 Å². The molecule has 2 aromatic rings. The van der Waals surface area contributed by atoms with Crippen molar-refractivity contribution < 1.29 is 8.42 Å².